The van der Waals surface area contributed by atoms with Crippen molar-refractivity contribution in [1.82, 2.24) is 5.32 Å². The molecule has 0 aromatic heterocycles. The fraction of sp³-hybridized carbons (Fsp3) is 0.364. The summed E-state index contributed by atoms with van der Waals surface area (Å²) in [5.41, 5.74) is 0.702. The van der Waals surface area contributed by atoms with Gasteiger partial charge in [0.1, 0.15) is 0 Å². The third kappa shape index (κ3) is 4.51. The van der Waals surface area contributed by atoms with Crippen molar-refractivity contribution in [2.75, 3.05) is 0 Å². The van der Waals surface area contributed by atoms with Crippen LogP contribution in [0, 0.1) is 3.57 Å². The predicted octanol–water partition coefficient (Wildman–Crippen LogP) is 2.88. The van der Waals surface area contributed by atoms with Crippen LogP contribution in [0.2, 0.25) is 0 Å². The molecule has 4 heteroatoms. The van der Waals surface area contributed by atoms with Gasteiger partial charge in [-0.3, -0.25) is 0 Å². The Bertz CT molecular complexity index is 346. The Hall–Kier alpha value is -0.780. The van der Waals surface area contributed by atoms with Crippen molar-refractivity contribution in [1.29, 1.82) is 0 Å². The molecule has 0 fully saturated rings. The summed E-state index contributed by atoms with van der Waals surface area (Å²) in [6.45, 7) is 3.75. The summed E-state index contributed by atoms with van der Waals surface area (Å²) < 4.78 is 1.18. The van der Waals surface area contributed by atoms with Crippen LogP contribution in [0.15, 0.2) is 24.3 Å². The number of benzene rings is 1. The minimum absolute atomic E-state index is 0.432. The van der Waals surface area contributed by atoms with Crippen LogP contribution in [-0.4, -0.2) is 16.7 Å². The van der Waals surface area contributed by atoms with E-state index in [-0.39, 0.29) is 0 Å². The number of hydrogen-bond acceptors (Lipinski definition) is 1. The van der Waals surface area contributed by atoms with Gasteiger partial charge in [-0.15, -0.1) is 0 Å². The summed E-state index contributed by atoms with van der Waals surface area (Å²) in [4.78, 5) is 10.5. The lowest BCUT2D eigenvalue weighted by Gasteiger charge is -2.24. The Morgan fingerprint density at radius 2 is 1.93 bits per heavy atom. The topological polar surface area (TPSA) is 49.3 Å². The van der Waals surface area contributed by atoms with E-state index < -0.39 is 11.6 Å². The van der Waals surface area contributed by atoms with Gasteiger partial charge in [-0.2, -0.15) is 0 Å². The van der Waals surface area contributed by atoms with E-state index in [1.54, 1.807) is 0 Å². The Morgan fingerprint density at radius 1 is 1.40 bits per heavy atom. The molecule has 0 aliphatic heterocycles. The van der Waals surface area contributed by atoms with Gasteiger partial charge in [0.25, 0.3) is 0 Å². The maximum atomic E-state index is 10.5. The van der Waals surface area contributed by atoms with Gasteiger partial charge in [0.05, 0.1) is 0 Å². The van der Waals surface area contributed by atoms with Crippen LogP contribution in [0.3, 0.4) is 0 Å². The molecule has 0 heterocycles. The molecule has 0 atom stereocenters. The van der Waals surface area contributed by atoms with E-state index in [0.29, 0.717) is 6.42 Å². The second-order valence-electron chi connectivity index (χ2n) is 4.12. The summed E-state index contributed by atoms with van der Waals surface area (Å²) in [6, 6.07) is 8.08. The van der Waals surface area contributed by atoms with Crippen LogP contribution in [0.5, 0.6) is 0 Å². The summed E-state index contributed by atoms with van der Waals surface area (Å²) >= 11 is 2.24. The third-order valence-corrected chi connectivity index (χ3v) is 2.72. The predicted molar refractivity (Wildman–Crippen MR) is 68.1 cm³/mol. The minimum Gasteiger partial charge on any atom is -0.465 e. The number of amides is 1. The smallest absolute Gasteiger partial charge is 0.405 e. The fourth-order valence-electron chi connectivity index (χ4n) is 1.45. The SMILES string of the molecule is CC(C)(Cc1ccc(I)cc1)NC(=O)O. The molecule has 0 aliphatic rings. The molecule has 0 saturated carbocycles. The van der Waals surface area contributed by atoms with Crippen molar-refractivity contribution < 1.29 is 9.90 Å². The largest absolute Gasteiger partial charge is 0.465 e. The molecule has 82 valence electrons. The Labute approximate surface area is 103 Å². The molecule has 1 amide bonds. The zero-order valence-electron chi connectivity index (χ0n) is 8.75. The molecule has 15 heavy (non-hydrogen) atoms. The lowest BCUT2D eigenvalue weighted by Crippen LogP contribution is -2.44. The van der Waals surface area contributed by atoms with Crippen LogP contribution in [-0.2, 0) is 6.42 Å². The maximum Gasteiger partial charge on any atom is 0.405 e. The molecular weight excluding hydrogens is 305 g/mol. The molecule has 0 radical (unpaired) electrons. The summed E-state index contributed by atoms with van der Waals surface area (Å²) in [7, 11) is 0. The molecule has 0 unspecified atom stereocenters. The van der Waals surface area contributed by atoms with Gasteiger partial charge in [-0.1, -0.05) is 12.1 Å². The van der Waals surface area contributed by atoms with E-state index in [4.69, 9.17) is 5.11 Å². The average Bonchev–Trinajstić information content (AvgIpc) is 2.06. The van der Waals surface area contributed by atoms with Crippen LogP contribution >= 0.6 is 22.6 Å². The van der Waals surface area contributed by atoms with E-state index >= 15 is 0 Å². The molecule has 3 nitrogen and oxygen atoms in total. The van der Waals surface area contributed by atoms with Crippen molar-refractivity contribution in [3.63, 3.8) is 0 Å². The number of rotatable bonds is 3. The highest BCUT2D eigenvalue weighted by Crippen LogP contribution is 2.14. The van der Waals surface area contributed by atoms with Gasteiger partial charge < -0.3 is 10.4 Å². The molecule has 0 bridgehead atoms. The van der Waals surface area contributed by atoms with Gasteiger partial charge in [0.15, 0.2) is 0 Å². The standard InChI is InChI=1S/C11H14INO2/c1-11(2,13-10(14)15)7-8-3-5-9(12)6-4-8/h3-6,13H,7H2,1-2H3,(H,14,15). The molecule has 0 saturated heterocycles. The molecule has 1 aromatic rings. The second-order valence-corrected chi connectivity index (χ2v) is 5.36. The first-order valence-corrected chi connectivity index (χ1v) is 5.72. The lowest BCUT2D eigenvalue weighted by atomic mass is 9.95. The number of carbonyl (C=O) groups is 1. The van der Waals surface area contributed by atoms with E-state index in [9.17, 15) is 4.79 Å². The fourth-order valence-corrected chi connectivity index (χ4v) is 1.81. The van der Waals surface area contributed by atoms with Gasteiger partial charge in [0.2, 0.25) is 0 Å². The first-order chi connectivity index (χ1) is 6.89. The normalized spacial score (nSPS) is 11.1. The highest BCUT2D eigenvalue weighted by atomic mass is 127. The second kappa shape index (κ2) is 4.83. The quantitative estimate of drug-likeness (QED) is 0.842. The van der Waals surface area contributed by atoms with Crippen molar-refractivity contribution in [2.24, 2.45) is 0 Å². The van der Waals surface area contributed by atoms with E-state index in [1.165, 1.54) is 3.57 Å². The number of carboxylic acid groups (broad SMARTS) is 1. The van der Waals surface area contributed by atoms with Crippen LogP contribution in [0.4, 0.5) is 4.79 Å². The summed E-state index contributed by atoms with van der Waals surface area (Å²) in [5, 5.41) is 11.2. The lowest BCUT2D eigenvalue weighted by molar-refractivity contribution is 0.182. The van der Waals surface area contributed by atoms with E-state index in [0.717, 1.165) is 5.56 Å². The van der Waals surface area contributed by atoms with Gasteiger partial charge in [-0.25, -0.2) is 4.79 Å². The van der Waals surface area contributed by atoms with Gasteiger partial charge in [-0.05, 0) is 60.6 Å². The van der Waals surface area contributed by atoms with Crippen molar-refractivity contribution >= 4 is 28.7 Å². The maximum absolute atomic E-state index is 10.5. The van der Waals surface area contributed by atoms with Crippen LogP contribution in [0.25, 0.3) is 0 Å². The summed E-state index contributed by atoms with van der Waals surface area (Å²) in [5.74, 6) is 0. The number of hydrogen-bond donors (Lipinski definition) is 2. The molecular formula is C11H14INO2. The van der Waals surface area contributed by atoms with Crippen LogP contribution in [0.1, 0.15) is 19.4 Å². The molecule has 0 spiro atoms. The van der Waals surface area contributed by atoms with E-state index in [2.05, 4.69) is 27.9 Å². The highest BCUT2D eigenvalue weighted by molar-refractivity contribution is 14.1. The Kier molecular flexibility index (Phi) is 3.96. The first-order valence-electron chi connectivity index (χ1n) is 4.65. The average molecular weight is 319 g/mol. The van der Waals surface area contributed by atoms with Crippen molar-refractivity contribution in [3.8, 4) is 0 Å². The molecule has 1 aromatic carbocycles. The van der Waals surface area contributed by atoms with Gasteiger partial charge >= 0.3 is 6.09 Å². The minimum atomic E-state index is -0.981. The molecule has 1 rings (SSSR count). The zero-order valence-corrected chi connectivity index (χ0v) is 10.9. The molecule has 0 aliphatic carbocycles. The molecule has 2 N–H and O–H groups in total. The van der Waals surface area contributed by atoms with Crippen molar-refractivity contribution in [3.05, 3.63) is 33.4 Å². The van der Waals surface area contributed by atoms with E-state index in [1.807, 2.05) is 38.1 Å². The first kappa shape index (κ1) is 12.3. The highest BCUT2D eigenvalue weighted by Gasteiger charge is 2.20. The third-order valence-electron chi connectivity index (χ3n) is 2.00. The van der Waals surface area contributed by atoms with Crippen molar-refractivity contribution in [2.45, 2.75) is 25.8 Å². The Balaban J connectivity index is 2.68. The summed E-state index contributed by atoms with van der Waals surface area (Å²) in [6.07, 6.45) is -0.290. The number of halogens is 1. The Morgan fingerprint density at radius 3 is 2.40 bits per heavy atom. The number of nitrogens with one attached hydrogen (secondary N) is 1. The monoisotopic (exact) mass is 319 g/mol. The van der Waals surface area contributed by atoms with Gasteiger partial charge in [0, 0.05) is 9.11 Å². The van der Waals surface area contributed by atoms with Crippen LogP contribution < -0.4 is 5.32 Å². The zero-order chi connectivity index (χ0) is 11.5.